The van der Waals surface area contributed by atoms with Crippen molar-refractivity contribution in [3.05, 3.63) is 33.6 Å². The summed E-state index contributed by atoms with van der Waals surface area (Å²) in [6.07, 6.45) is 0. The lowest BCUT2D eigenvalue weighted by molar-refractivity contribution is -0.134. The van der Waals surface area contributed by atoms with Gasteiger partial charge in [0.15, 0.2) is 0 Å². The maximum Gasteiger partial charge on any atom is 0.333 e. The maximum absolute atomic E-state index is 12.4. The fraction of sp³-hybridized carbons (Fsp3) is 0.353. The summed E-state index contributed by atoms with van der Waals surface area (Å²) in [7, 11) is 2.78. The first-order valence-corrected chi connectivity index (χ1v) is 9.09. The Balaban J connectivity index is 2.02. The lowest BCUT2D eigenvalue weighted by Gasteiger charge is -2.29. The smallest absolute Gasteiger partial charge is 0.268 e. The largest absolute Gasteiger partial charge is 0.333 e. The van der Waals surface area contributed by atoms with E-state index in [1.54, 1.807) is 0 Å². The van der Waals surface area contributed by atoms with E-state index >= 15 is 0 Å². The van der Waals surface area contributed by atoms with Gasteiger partial charge in [0.2, 0.25) is 0 Å². The molecule has 24 heavy (non-hydrogen) atoms. The average Bonchev–Trinajstić information content (AvgIpc) is 2.93. The van der Waals surface area contributed by atoms with E-state index < -0.39 is 17.8 Å². The molecule has 0 spiro atoms. The molecular formula is C17H18N2O3S2. The van der Waals surface area contributed by atoms with Crippen molar-refractivity contribution in [2.75, 3.05) is 14.1 Å². The highest BCUT2D eigenvalue weighted by Crippen LogP contribution is 2.53. The highest BCUT2D eigenvalue weighted by molar-refractivity contribution is 8.24. The second-order valence-electron chi connectivity index (χ2n) is 6.79. The maximum atomic E-state index is 12.4. The molecule has 0 bridgehead atoms. The first kappa shape index (κ1) is 17.1. The van der Waals surface area contributed by atoms with Crippen molar-refractivity contribution in [2.24, 2.45) is 0 Å². The second kappa shape index (κ2) is 5.67. The van der Waals surface area contributed by atoms with Gasteiger partial charge >= 0.3 is 6.03 Å². The number of carbonyl (C=O) groups is 3. The van der Waals surface area contributed by atoms with Crippen molar-refractivity contribution in [2.45, 2.75) is 36.0 Å². The number of thioether (sulfide) groups is 2. The van der Waals surface area contributed by atoms with E-state index in [4.69, 9.17) is 0 Å². The van der Waals surface area contributed by atoms with Gasteiger partial charge in [-0.1, -0.05) is 50.4 Å². The number of urea groups is 1. The Morgan fingerprint density at radius 2 is 1.42 bits per heavy atom. The minimum Gasteiger partial charge on any atom is -0.268 e. The van der Waals surface area contributed by atoms with Gasteiger partial charge in [-0.25, -0.2) is 4.79 Å². The number of imide groups is 2. The summed E-state index contributed by atoms with van der Waals surface area (Å²) in [6.45, 7) is 6.43. The Morgan fingerprint density at radius 1 is 0.875 bits per heavy atom. The van der Waals surface area contributed by atoms with Crippen LogP contribution in [0.5, 0.6) is 0 Å². The van der Waals surface area contributed by atoms with Gasteiger partial charge in [0.25, 0.3) is 11.8 Å². The van der Waals surface area contributed by atoms with E-state index in [0.717, 1.165) is 19.6 Å². The molecule has 126 valence electrons. The topological polar surface area (TPSA) is 57.7 Å². The normalized spacial score (nSPS) is 18.6. The lowest BCUT2D eigenvalue weighted by Crippen LogP contribution is -2.53. The van der Waals surface area contributed by atoms with E-state index in [9.17, 15) is 14.4 Å². The molecule has 0 atom stereocenters. The minimum atomic E-state index is -0.602. The predicted molar refractivity (Wildman–Crippen MR) is 94.8 cm³/mol. The molecule has 7 heteroatoms. The third-order valence-corrected chi connectivity index (χ3v) is 6.57. The monoisotopic (exact) mass is 362 g/mol. The molecule has 1 aromatic rings. The highest BCUT2D eigenvalue weighted by atomic mass is 32.2. The van der Waals surface area contributed by atoms with Crippen molar-refractivity contribution < 1.29 is 14.4 Å². The van der Waals surface area contributed by atoms with Crippen LogP contribution in [-0.4, -0.2) is 41.7 Å². The molecule has 3 rings (SSSR count). The first-order valence-electron chi connectivity index (χ1n) is 7.46. The van der Waals surface area contributed by atoms with Gasteiger partial charge in [0, 0.05) is 23.9 Å². The van der Waals surface area contributed by atoms with E-state index in [-0.39, 0.29) is 11.0 Å². The Bertz CT molecular complexity index is 783. The summed E-state index contributed by atoms with van der Waals surface area (Å²) in [6, 6.07) is 5.61. The number of hydrogen-bond donors (Lipinski definition) is 0. The molecule has 2 heterocycles. The lowest BCUT2D eigenvalue weighted by atomic mass is 9.87. The molecular weight excluding hydrogens is 344 g/mol. The minimum absolute atomic E-state index is 0.0273. The molecule has 0 N–H and O–H groups in total. The van der Waals surface area contributed by atoms with Crippen LogP contribution in [0.4, 0.5) is 4.79 Å². The average molecular weight is 362 g/mol. The third kappa shape index (κ3) is 2.65. The number of hydrogen-bond acceptors (Lipinski definition) is 5. The van der Waals surface area contributed by atoms with Crippen LogP contribution in [0.25, 0.3) is 0 Å². The first-order chi connectivity index (χ1) is 11.1. The molecule has 0 aromatic heterocycles. The van der Waals surface area contributed by atoms with E-state index in [1.807, 2.05) is 6.07 Å². The summed E-state index contributed by atoms with van der Waals surface area (Å²) in [5.74, 6) is -1.08. The van der Waals surface area contributed by atoms with Crippen LogP contribution in [0, 0.1) is 0 Å². The predicted octanol–water partition coefficient (Wildman–Crippen LogP) is 3.44. The van der Waals surface area contributed by atoms with Gasteiger partial charge in [-0.3, -0.25) is 19.4 Å². The number of nitrogens with zero attached hydrogens (tertiary/aromatic N) is 2. The van der Waals surface area contributed by atoms with Crippen LogP contribution in [0.2, 0.25) is 0 Å². The van der Waals surface area contributed by atoms with Crippen molar-refractivity contribution in [3.8, 4) is 0 Å². The molecule has 0 aliphatic carbocycles. The summed E-state index contributed by atoms with van der Waals surface area (Å²) in [4.78, 5) is 40.7. The fourth-order valence-corrected chi connectivity index (χ4v) is 5.02. The number of barbiturate groups is 1. The number of likely N-dealkylation sites (N-methyl/N-ethyl adjacent to an activating group) is 2. The van der Waals surface area contributed by atoms with Crippen LogP contribution in [0.1, 0.15) is 26.3 Å². The van der Waals surface area contributed by atoms with Gasteiger partial charge in [-0.2, -0.15) is 0 Å². The molecule has 2 aliphatic rings. The number of benzene rings is 1. The van der Waals surface area contributed by atoms with Gasteiger partial charge in [-0.15, -0.1) is 0 Å². The number of amides is 4. The number of fused-ring (bicyclic) bond motifs is 1. The zero-order valence-corrected chi connectivity index (χ0v) is 15.8. The Morgan fingerprint density at radius 3 is 1.96 bits per heavy atom. The van der Waals surface area contributed by atoms with Gasteiger partial charge in [0.1, 0.15) is 5.57 Å². The van der Waals surface area contributed by atoms with Crippen molar-refractivity contribution in [1.82, 2.24) is 9.80 Å². The number of rotatable bonds is 0. The van der Waals surface area contributed by atoms with Crippen molar-refractivity contribution in [1.29, 1.82) is 0 Å². The Kier molecular flexibility index (Phi) is 4.04. The van der Waals surface area contributed by atoms with E-state index in [1.165, 1.54) is 43.2 Å². The number of carbonyl (C=O) groups excluding carboxylic acids is 3. The summed E-state index contributed by atoms with van der Waals surface area (Å²) in [5.41, 5.74) is 1.30. The highest BCUT2D eigenvalue weighted by Gasteiger charge is 2.41. The summed E-state index contributed by atoms with van der Waals surface area (Å²) >= 11 is 2.83. The molecule has 1 fully saturated rings. The van der Waals surface area contributed by atoms with Gasteiger partial charge in [0.05, 0.1) is 4.24 Å². The zero-order valence-electron chi connectivity index (χ0n) is 14.2. The molecule has 4 amide bonds. The van der Waals surface area contributed by atoms with Crippen LogP contribution in [0.3, 0.4) is 0 Å². The summed E-state index contributed by atoms with van der Waals surface area (Å²) < 4.78 is 0.636. The van der Waals surface area contributed by atoms with E-state index in [2.05, 4.69) is 32.9 Å². The summed E-state index contributed by atoms with van der Waals surface area (Å²) in [5, 5.41) is 0. The van der Waals surface area contributed by atoms with Gasteiger partial charge < -0.3 is 0 Å². The molecule has 5 nitrogen and oxygen atoms in total. The molecule has 0 unspecified atom stereocenters. The molecule has 2 aliphatic heterocycles. The second-order valence-corrected chi connectivity index (χ2v) is 9.15. The van der Waals surface area contributed by atoms with Gasteiger partial charge in [-0.05, 0) is 23.1 Å². The molecule has 0 radical (unpaired) electrons. The Labute approximate surface area is 149 Å². The van der Waals surface area contributed by atoms with Crippen LogP contribution in [-0.2, 0) is 15.0 Å². The van der Waals surface area contributed by atoms with E-state index in [0.29, 0.717) is 4.24 Å². The molecule has 0 saturated carbocycles. The SMILES string of the molecule is CN1C(=O)C(=C2Sc3ccc(C(C)(C)C)cc3S2)C(=O)N(C)C1=O. The zero-order chi connectivity index (χ0) is 17.8. The van der Waals surface area contributed by atoms with Crippen molar-refractivity contribution >= 4 is 41.4 Å². The third-order valence-electron chi connectivity index (χ3n) is 4.03. The standard InChI is InChI=1S/C17H18N2O3S2/c1-17(2,3)9-6-7-10-11(8-9)24-15(23-10)12-13(20)18(4)16(22)19(5)14(12)21/h6-8H,1-5H3. The quantitative estimate of drug-likeness (QED) is 0.523. The molecule has 1 saturated heterocycles. The Hall–Kier alpha value is -1.73. The van der Waals surface area contributed by atoms with Crippen LogP contribution in [0.15, 0.2) is 37.8 Å². The van der Waals surface area contributed by atoms with Crippen LogP contribution >= 0.6 is 23.5 Å². The fourth-order valence-electron chi connectivity index (χ4n) is 2.46. The van der Waals surface area contributed by atoms with Crippen LogP contribution < -0.4 is 0 Å². The van der Waals surface area contributed by atoms with Crippen molar-refractivity contribution in [3.63, 3.8) is 0 Å². The molecule has 1 aromatic carbocycles.